The Morgan fingerprint density at radius 2 is 1.90 bits per heavy atom. The zero-order valence-corrected chi connectivity index (χ0v) is 13.1. The Kier molecular flexibility index (Phi) is 2.70. The number of Topliss-reactive ketones (excluding diaryl/α,β-unsaturated/α-hetero) is 1. The SMILES string of the molecule is CC1(C)[C@@H]2CC[C@@]1(C)[C@@H]1O[C@@H](C(=O)c3ccccc3)C[C@H]21. The lowest BCUT2D eigenvalue weighted by Crippen LogP contribution is -2.38. The van der Waals surface area contributed by atoms with Gasteiger partial charge in [-0.15, -0.1) is 0 Å². The second-order valence-corrected chi connectivity index (χ2v) is 7.96. The summed E-state index contributed by atoms with van der Waals surface area (Å²) in [7, 11) is 0. The third-order valence-corrected chi connectivity index (χ3v) is 7.06. The Hall–Kier alpha value is -1.15. The van der Waals surface area contributed by atoms with Crippen LogP contribution in [0.2, 0.25) is 0 Å². The summed E-state index contributed by atoms with van der Waals surface area (Å²) < 4.78 is 6.32. The molecule has 2 nitrogen and oxygen atoms in total. The first-order valence-electron chi connectivity index (χ1n) is 8.20. The molecule has 3 fully saturated rings. The number of ketones is 1. The third-order valence-electron chi connectivity index (χ3n) is 7.06. The highest BCUT2D eigenvalue weighted by Gasteiger charge is 2.69. The van der Waals surface area contributed by atoms with Crippen LogP contribution in [0.15, 0.2) is 30.3 Å². The quantitative estimate of drug-likeness (QED) is 0.764. The van der Waals surface area contributed by atoms with Gasteiger partial charge in [-0.2, -0.15) is 0 Å². The molecule has 0 spiro atoms. The minimum Gasteiger partial charge on any atom is -0.366 e. The lowest BCUT2D eigenvalue weighted by atomic mass is 9.70. The van der Waals surface area contributed by atoms with E-state index in [1.165, 1.54) is 12.8 Å². The number of rotatable bonds is 2. The monoisotopic (exact) mass is 284 g/mol. The van der Waals surface area contributed by atoms with Gasteiger partial charge in [0.1, 0.15) is 6.10 Å². The van der Waals surface area contributed by atoms with Crippen LogP contribution >= 0.6 is 0 Å². The number of benzene rings is 1. The van der Waals surface area contributed by atoms with Crippen molar-refractivity contribution in [2.75, 3.05) is 0 Å². The highest BCUT2D eigenvalue weighted by Crippen LogP contribution is 2.71. The molecule has 0 N–H and O–H groups in total. The summed E-state index contributed by atoms with van der Waals surface area (Å²) in [6.07, 6.45) is 3.53. The molecule has 5 atom stereocenters. The Morgan fingerprint density at radius 3 is 2.57 bits per heavy atom. The average Bonchev–Trinajstić information content (AvgIpc) is 3.05. The minimum absolute atomic E-state index is 0.172. The highest BCUT2D eigenvalue weighted by atomic mass is 16.5. The molecule has 0 amide bonds. The van der Waals surface area contributed by atoms with E-state index in [2.05, 4.69) is 20.8 Å². The van der Waals surface area contributed by atoms with Crippen molar-refractivity contribution in [2.45, 2.75) is 52.2 Å². The maximum absolute atomic E-state index is 12.7. The molecule has 1 aliphatic heterocycles. The van der Waals surface area contributed by atoms with Crippen LogP contribution in [0.3, 0.4) is 0 Å². The van der Waals surface area contributed by atoms with Gasteiger partial charge in [-0.1, -0.05) is 51.1 Å². The predicted octanol–water partition coefficient (Wildman–Crippen LogP) is 4.10. The fourth-order valence-electron chi connectivity index (χ4n) is 5.48. The molecule has 112 valence electrons. The Labute approximate surface area is 126 Å². The van der Waals surface area contributed by atoms with Gasteiger partial charge in [0, 0.05) is 5.56 Å². The molecule has 1 aromatic rings. The summed E-state index contributed by atoms with van der Waals surface area (Å²) in [5.41, 5.74) is 1.39. The Morgan fingerprint density at radius 1 is 1.19 bits per heavy atom. The summed E-state index contributed by atoms with van der Waals surface area (Å²) in [5, 5.41) is 0. The van der Waals surface area contributed by atoms with E-state index in [9.17, 15) is 4.79 Å². The van der Waals surface area contributed by atoms with Crippen LogP contribution in [0.25, 0.3) is 0 Å². The van der Waals surface area contributed by atoms with E-state index >= 15 is 0 Å². The molecule has 1 aromatic carbocycles. The van der Waals surface area contributed by atoms with Crippen LogP contribution in [-0.2, 0) is 4.74 Å². The maximum Gasteiger partial charge on any atom is 0.191 e. The molecule has 21 heavy (non-hydrogen) atoms. The van der Waals surface area contributed by atoms with Crippen LogP contribution in [0.4, 0.5) is 0 Å². The number of hydrogen-bond acceptors (Lipinski definition) is 2. The zero-order valence-electron chi connectivity index (χ0n) is 13.1. The second kappa shape index (κ2) is 4.19. The summed E-state index contributed by atoms with van der Waals surface area (Å²) in [5.74, 6) is 1.48. The molecule has 0 aromatic heterocycles. The number of hydrogen-bond donors (Lipinski definition) is 0. The molecule has 0 unspecified atom stereocenters. The minimum atomic E-state index is -0.224. The zero-order chi connectivity index (χ0) is 14.8. The van der Waals surface area contributed by atoms with Crippen molar-refractivity contribution in [1.82, 2.24) is 0 Å². The van der Waals surface area contributed by atoms with Gasteiger partial charge in [0.15, 0.2) is 5.78 Å². The Balaban J connectivity index is 1.59. The molecule has 1 saturated heterocycles. The third kappa shape index (κ3) is 1.60. The van der Waals surface area contributed by atoms with Gasteiger partial charge in [0.2, 0.25) is 0 Å². The van der Waals surface area contributed by atoms with E-state index < -0.39 is 0 Å². The van der Waals surface area contributed by atoms with E-state index in [1.54, 1.807) is 0 Å². The van der Waals surface area contributed by atoms with Gasteiger partial charge >= 0.3 is 0 Å². The first kappa shape index (κ1) is 13.5. The number of carbonyl (C=O) groups excluding carboxylic acids is 1. The van der Waals surface area contributed by atoms with E-state index in [1.807, 2.05) is 30.3 Å². The molecule has 4 rings (SSSR count). The van der Waals surface area contributed by atoms with Crippen molar-refractivity contribution < 1.29 is 9.53 Å². The number of fused-ring (bicyclic) bond motifs is 5. The summed E-state index contributed by atoms with van der Waals surface area (Å²) in [6.45, 7) is 7.19. The van der Waals surface area contributed by atoms with Crippen LogP contribution in [0, 0.1) is 22.7 Å². The normalized spacial score (nSPS) is 43.0. The number of ether oxygens (including phenoxy) is 1. The average molecular weight is 284 g/mol. The van der Waals surface area contributed by atoms with Gasteiger partial charge in [0.25, 0.3) is 0 Å². The van der Waals surface area contributed by atoms with Gasteiger partial charge in [-0.05, 0) is 41.9 Å². The van der Waals surface area contributed by atoms with Crippen molar-refractivity contribution in [3.05, 3.63) is 35.9 Å². The van der Waals surface area contributed by atoms with E-state index in [0.29, 0.717) is 11.3 Å². The fourth-order valence-corrected chi connectivity index (χ4v) is 5.48. The topological polar surface area (TPSA) is 26.3 Å². The Bertz CT molecular complexity index is 576. The summed E-state index contributed by atoms with van der Waals surface area (Å²) >= 11 is 0. The van der Waals surface area contributed by atoms with Crippen LogP contribution in [-0.4, -0.2) is 18.0 Å². The summed E-state index contributed by atoms with van der Waals surface area (Å²) in [6, 6.07) is 9.61. The smallest absolute Gasteiger partial charge is 0.191 e. The van der Waals surface area contributed by atoms with E-state index in [-0.39, 0.29) is 23.4 Å². The largest absolute Gasteiger partial charge is 0.366 e. The molecule has 2 bridgehead atoms. The second-order valence-electron chi connectivity index (χ2n) is 7.96. The van der Waals surface area contributed by atoms with Crippen molar-refractivity contribution in [3.8, 4) is 0 Å². The molecule has 2 aliphatic carbocycles. The molecule has 3 aliphatic rings. The van der Waals surface area contributed by atoms with Crippen molar-refractivity contribution in [1.29, 1.82) is 0 Å². The molecule has 1 heterocycles. The number of carbonyl (C=O) groups is 1. The predicted molar refractivity (Wildman–Crippen MR) is 82.2 cm³/mol. The molecule has 0 radical (unpaired) electrons. The van der Waals surface area contributed by atoms with Crippen molar-refractivity contribution >= 4 is 5.78 Å². The van der Waals surface area contributed by atoms with Crippen molar-refractivity contribution in [3.63, 3.8) is 0 Å². The fraction of sp³-hybridized carbons (Fsp3) is 0.632. The lowest BCUT2D eigenvalue weighted by Gasteiger charge is -2.38. The highest BCUT2D eigenvalue weighted by molar-refractivity contribution is 5.99. The van der Waals surface area contributed by atoms with Gasteiger partial charge in [-0.25, -0.2) is 0 Å². The van der Waals surface area contributed by atoms with Crippen molar-refractivity contribution in [2.24, 2.45) is 22.7 Å². The summed E-state index contributed by atoms with van der Waals surface area (Å²) in [4.78, 5) is 12.7. The maximum atomic E-state index is 12.7. The van der Waals surface area contributed by atoms with Crippen LogP contribution < -0.4 is 0 Å². The lowest BCUT2D eigenvalue weighted by molar-refractivity contribution is -0.0461. The first-order chi connectivity index (χ1) is 9.95. The molecule has 2 heteroatoms. The molecular weight excluding hydrogens is 260 g/mol. The van der Waals surface area contributed by atoms with Gasteiger partial charge in [-0.3, -0.25) is 4.79 Å². The first-order valence-corrected chi connectivity index (χ1v) is 8.20. The van der Waals surface area contributed by atoms with Gasteiger partial charge in [0.05, 0.1) is 6.10 Å². The van der Waals surface area contributed by atoms with Gasteiger partial charge < -0.3 is 4.74 Å². The van der Waals surface area contributed by atoms with Crippen LogP contribution in [0.1, 0.15) is 50.4 Å². The standard InChI is InChI=1S/C19H24O2/c1-18(2)14-9-10-19(18,3)17-13(14)11-15(21-17)16(20)12-7-5-4-6-8-12/h4-8,13-15,17H,9-11H2,1-3H3/t13-,14-,15-,17-,19+/m1/s1. The molecule has 2 saturated carbocycles. The van der Waals surface area contributed by atoms with E-state index in [4.69, 9.17) is 4.74 Å². The molecular formula is C19H24O2. The van der Waals surface area contributed by atoms with Crippen LogP contribution in [0.5, 0.6) is 0 Å². The van der Waals surface area contributed by atoms with E-state index in [0.717, 1.165) is 17.9 Å².